The molecule has 0 bridgehead atoms. The van der Waals surface area contributed by atoms with Crippen molar-refractivity contribution >= 4 is 0 Å². The van der Waals surface area contributed by atoms with Gasteiger partial charge in [0.05, 0.1) is 5.69 Å². The van der Waals surface area contributed by atoms with Crippen molar-refractivity contribution in [1.82, 2.24) is 9.78 Å². The van der Waals surface area contributed by atoms with Crippen molar-refractivity contribution in [2.75, 3.05) is 0 Å². The van der Waals surface area contributed by atoms with Gasteiger partial charge in [0.1, 0.15) is 0 Å². The van der Waals surface area contributed by atoms with Crippen LogP contribution in [-0.4, -0.2) is 9.78 Å². The quantitative estimate of drug-likeness (QED) is 0.627. The summed E-state index contributed by atoms with van der Waals surface area (Å²) in [4.78, 5) is 0. The molecule has 0 aliphatic rings. The molecule has 0 saturated carbocycles. The summed E-state index contributed by atoms with van der Waals surface area (Å²) in [5.74, 6) is 0. The molecule has 1 rings (SSSR count). The maximum Gasteiger partial charge on any atom is 0.0628 e. The van der Waals surface area contributed by atoms with Crippen LogP contribution in [0.15, 0.2) is 18.3 Å². The van der Waals surface area contributed by atoms with Crippen LogP contribution >= 0.6 is 0 Å². The molecule has 0 spiro atoms. The van der Waals surface area contributed by atoms with Gasteiger partial charge >= 0.3 is 0 Å². The first kappa shape index (κ1) is 9.04. The van der Waals surface area contributed by atoms with Gasteiger partial charge in [0.15, 0.2) is 0 Å². The van der Waals surface area contributed by atoms with E-state index in [4.69, 9.17) is 0 Å². The first-order valence-corrected chi connectivity index (χ1v) is 4.30. The van der Waals surface area contributed by atoms with Gasteiger partial charge in [-0.1, -0.05) is 12.2 Å². The van der Waals surface area contributed by atoms with Crippen LogP contribution in [0.1, 0.15) is 25.1 Å². The summed E-state index contributed by atoms with van der Waals surface area (Å²) in [5.41, 5.74) is 3.61. The number of nitrogens with zero attached hydrogens (tertiary/aromatic N) is 2. The maximum atomic E-state index is 4.36. The predicted octanol–water partition coefficient (Wildman–Crippen LogP) is 2.33. The molecule has 1 aromatic heterocycles. The Morgan fingerprint density at radius 2 is 2.33 bits per heavy atom. The molecule has 2 heteroatoms. The van der Waals surface area contributed by atoms with Crippen molar-refractivity contribution in [2.24, 2.45) is 0 Å². The van der Waals surface area contributed by atoms with Crippen LogP contribution in [0.4, 0.5) is 0 Å². The second-order valence-electron chi connectivity index (χ2n) is 3.23. The summed E-state index contributed by atoms with van der Waals surface area (Å²) in [6, 6.07) is 0. The van der Waals surface area contributed by atoms with Crippen molar-refractivity contribution < 1.29 is 0 Å². The van der Waals surface area contributed by atoms with Crippen LogP contribution in [0.3, 0.4) is 0 Å². The minimum atomic E-state index is 0.941. The molecule has 12 heavy (non-hydrogen) atoms. The molecule has 0 saturated heterocycles. The largest absolute Gasteiger partial charge is 0.272 e. The summed E-state index contributed by atoms with van der Waals surface area (Å²) in [7, 11) is 0. The van der Waals surface area contributed by atoms with E-state index < -0.39 is 0 Å². The number of hydrogen-bond donors (Lipinski definition) is 0. The highest BCUT2D eigenvalue weighted by Crippen LogP contribution is 2.10. The van der Waals surface area contributed by atoms with Crippen LogP contribution in [-0.2, 0) is 13.0 Å². The van der Waals surface area contributed by atoms with Gasteiger partial charge in [-0.05, 0) is 32.8 Å². The number of hydrogen-bond acceptors (Lipinski definition) is 1. The van der Waals surface area contributed by atoms with Crippen molar-refractivity contribution in [3.05, 3.63) is 29.6 Å². The lowest BCUT2D eigenvalue weighted by Gasteiger charge is -1.95. The Hall–Kier alpha value is -1.05. The zero-order valence-electron chi connectivity index (χ0n) is 8.09. The zero-order chi connectivity index (χ0) is 9.14. The first-order valence-electron chi connectivity index (χ1n) is 4.30. The minimum absolute atomic E-state index is 0.941. The normalized spacial score (nSPS) is 10.2. The van der Waals surface area contributed by atoms with Crippen molar-refractivity contribution in [3.63, 3.8) is 0 Å². The van der Waals surface area contributed by atoms with E-state index in [1.807, 2.05) is 18.5 Å². The van der Waals surface area contributed by atoms with E-state index in [2.05, 4.69) is 24.8 Å². The first-order chi connectivity index (χ1) is 5.63. The third-order valence-corrected chi connectivity index (χ3v) is 1.86. The molecule has 0 aromatic carbocycles. The highest BCUT2D eigenvalue weighted by Gasteiger charge is 2.02. The zero-order valence-corrected chi connectivity index (χ0v) is 8.09. The molecule has 0 N–H and O–H groups in total. The van der Waals surface area contributed by atoms with E-state index >= 15 is 0 Å². The summed E-state index contributed by atoms with van der Waals surface area (Å²) in [6.07, 6.45) is 3.05. The summed E-state index contributed by atoms with van der Waals surface area (Å²) >= 11 is 0. The molecule has 66 valence electrons. The molecule has 0 fully saturated rings. The molecular weight excluding hydrogens is 148 g/mol. The molecule has 0 radical (unpaired) electrons. The van der Waals surface area contributed by atoms with Gasteiger partial charge in [0, 0.05) is 12.7 Å². The minimum Gasteiger partial charge on any atom is -0.272 e. The average Bonchev–Trinajstić information content (AvgIpc) is 2.31. The third-order valence-electron chi connectivity index (χ3n) is 1.86. The van der Waals surface area contributed by atoms with Crippen molar-refractivity contribution in [1.29, 1.82) is 0 Å². The molecule has 0 amide bonds. The van der Waals surface area contributed by atoms with Gasteiger partial charge in [0.2, 0.25) is 0 Å². The van der Waals surface area contributed by atoms with Crippen LogP contribution in [0.5, 0.6) is 0 Å². The summed E-state index contributed by atoms with van der Waals surface area (Å²) < 4.78 is 1.97. The van der Waals surface area contributed by atoms with Gasteiger partial charge in [-0.2, -0.15) is 5.10 Å². The second-order valence-corrected chi connectivity index (χ2v) is 3.23. The molecule has 1 heterocycles. The van der Waals surface area contributed by atoms with Gasteiger partial charge < -0.3 is 0 Å². The third kappa shape index (κ3) is 1.97. The lowest BCUT2D eigenvalue weighted by Crippen LogP contribution is -1.93. The lowest BCUT2D eigenvalue weighted by atomic mass is 10.1. The van der Waals surface area contributed by atoms with Crippen molar-refractivity contribution in [2.45, 2.75) is 33.7 Å². The molecule has 0 unspecified atom stereocenters. The Kier molecular flexibility index (Phi) is 2.69. The Morgan fingerprint density at radius 1 is 1.67 bits per heavy atom. The van der Waals surface area contributed by atoms with E-state index in [-0.39, 0.29) is 0 Å². The van der Waals surface area contributed by atoms with Crippen LogP contribution in [0, 0.1) is 6.92 Å². The average molecular weight is 164 g/mol. The molecule has 2 nitrogen and oxygen atoms in total. The van der Waals surface area contributed by atoms with E-state index in [9.17, 15) is 0 Å². The van der Waals surface area contributed by atoms with E-state index in [0.29, 0.717) is 0 Å². The van der Waals surface area contributed by atoms with E-state index in [1.54, 1.807) is 0 Å². The SMILES string of the molecule is C=C(C)Cc1cn(CC)nc1C. The number of aromatic nitrogens is 2. The monoisotopic (exact) mass is 164 g/mol. The smallest absolute Gasteiger partial charge is 0.0628 e. The van der Waals surface area contributed by atoms with Gasteiger partial charge in [-0.15, -0.1) is 0 Å². The Morgan fingerprint density at radius 3 is 2.75 bits per heavy atom. The standard InChI is InChI=1S/C10H16N2/c1-5-12-7-10(6-8(2)3)9(4)11-12/h7H,2,5-6H2,1,3-4H3. The summed E-state index contributed by atoms with van der Waals surface area (Å²) in [6.45, 7) is 11.0. The maximum absolute atomic E-state index is 4.36. The van der Waals surface area contributed by atoms with Gasteiger partial charge in [0.25, 0.3) is 0 Å². The summed E-state index contributed by atoms with van der Waals surface area (Å²) in [5, 5.41) is 4.36. The van der Waals surface area contributed by atoms with E-state index in [0.717, 1.165) is 18.7 Å². The molecule has 0 aliphatic carbocycles. The molecule has 0 aliphatic heterocycles. The topological polar surface area (TPSA) is 17.8 Å². The molecule has 1 aromatic rings. The van der Waals surface area contributed by atoms with Gasteiger partial charge in [-0.25, -0.2) is 0 Å². The highest BCUT2D eigenvalue weighted by atomic mass is 15.3. The van der Waals surface area contributed by atoms with Crippen LogP contribution in [0.2, 0.25) is 0 Å². The molecular formula is C10H16N2. The predicted molar refractivity (Wildman–Crippen MR) is 51.2 cm³/mol. The van der Waals surface area contributed by atoms with E-state index in [1.165, 1.54) is 11.1 Å². The van der Waals surface area contributed by atoms with Crippen LogP contribution < -0.4 is 0 Å². The number of rotatable bonds is 3. The highest BCUT2D eigenvalue weighted by molar-refractivity contribution is 5.20. The van der Waals surface area contributed by atoms with Crippen molar-refractivity contribution in [3.8, 4) is 0 Å². The fourth-order valence-corrected chi connectivity index (χ4v) is 1.22. The second kappa shape index (κ2) is 3.57. The Labute approximate surface area is 73.9 Å². The fraction of sp³-hybridized carbons (Fsp3) is 0.500. The van der Waals surface area contributed by atoms with Gasteiger partial charge in [-0.3, -0.25) is 4.68 Å². The Balaban J connectivity index is 2.84. The lowest BCUT2D eigenvalue weighted by molar-refractivity contribution is 0.653. The molecule has 0 atom stereocenters. The number of aryl methyl sites for hydroxylation is 2. The Bertz CT molecular complexity index is 284. The number of allylic oxidation sites excluding steroid dienone is 1. The van der Waals surface area contributed by atoms with Crippen LogP contribution in [0.25, 0.3) is 0 Å². The fourth-order valence-electron chi connectivity index (χ4n) is 1.22.